The van der Waals surface area contributed by atoms with Crippen molar-refractivity contribution in [3.8, 4) is 0 Å². The summed E-state index contributed by atoms with van der Waals surface area (Å²) in [5, 5.41) is 4.85. The van der Waals surface area contributed by atoms with Gasteiger partial charge in [0.1, 0.15) is 11.2 Å². The Balaban J connectivity index is 3.37. The maximum absolute atomic E-state index is 10.8. The zero-order chi connectivity index (χ0) is 8.48. The van der Waals surface area contributed by atoms with Crippen LogP contribution in [0.15, 0.2) is 17.4 Å². The highest BCUT2D eigenvalue weighted by molar-refractivity contribution is 7.89. The minimum atomic E-state index is -3.66. The van der Waals surface area contributed by atoms with Gasteiger partial charge in [-0.3, -0.25) is 0 Å². The van der Waals surface area contributed by atoms with Crippen molar-refractivity contribution in [1.82, 2.24) is 9.97 Å². The van der Waals surface area contributed by atoms with Crippen LogP contribution in [0, 0.1) is 6.92 Å². The molecule has 0 bridgehead atoms. The van der Waals surface area contributed by atoms with E-state index in [1.807, 2.05) is 0 Å². The first-order valence-electron chi connectivity index (χ1n) is 2.81. The number of aromatic nitrogens is 2. The summed E-state index contributed by atoms with van der Waals surface area (Å²) in [6.45, 7) is 1.56. The van der Waals surface area contributed by atoms with E-state index in [9.17, 15) is 8.42 Å². The first kappa shape index (κ1) is 8.09. The summed E-state index contributed by atoms with van der Waals surface area (Å²) in [5.41, 5.74) is 0.363. The Morgan fingerprint density at radius 1 is 1.55 bits per heavy atom. The highest BCUT2D eigenvalue weighted by Gasteiger charge is 2.10. The van der Waals surface area contributed by atoms with Gasteiger partial charge < -0.3 is 0 Å². The Morgan fingerprint density at radius 3 is 2.55 bits per heavy atom. The monoisotopic (exact) mass is 173 g/mol. The van der Waals surface area contributed by atoms with Gasteiger partial charge >= 0.3 is 0 Å². The smallest absolute Gasteiger partial charge is 0.241 e. The van der Waals surface area contributed by atoms with Crippen molar-refractivity contribution >= 4 is 10.0 Å². The van der Waals surface area contributed by atoms with Gasteiger partial charge in [0.05, 0.1) is 11.9 Å². The maximum Gasteiger partial charge on any atom is 0.241 e. The fraction of sp³-hybridized carbons (Fsp3) is 0.200. The van der Waals surface area contributed by atoms with Crippen LogP contribution in [0.2, 0.25) is 0 Å². The zero-order valence-electron chi connectivity index (χ0n) is 5.85. The fourth-order valence-electron chi connectivity index (χ4n) is 0.657. The van der Waals surface area contributed by atoms with Gasteiger partial charge in [0.15, 0.2) is 0 Å². The number of nitrogens with two attached hydrogens (primary N) is 1. The molecule has 0 atom stereocenters. The molecule has 0 saturated carbocycles. The minimum Gasteiger partial charge on any atom is -0.243 e. The Kier molecular flexibility index (Phi) is 1.88. The number of sulfonamides is 1. The number of primary sulfonamides is 1. The van der Waals surface area contributed by atoms with Crippen molar-refractivity contribution in [3.05, 3.63) is 18.2 Å². The molecule has 1 aromatic heterocycles. The van der Waals surface area contributed by atoms with Crippen molar-refractivity contribution in [2.75, 3.05) is 0 Å². The highest BCUT2D eigenvalue weighted by atomic mass is 32.2. The van der Waals surface area contributed by atoms with E-state index in [1.165, 1.54) is 12.5 Å². The molecule has 0 aliphatic rings. The summed E-state index contributed by atoms with van der Waals surface area (Å²) in [7, 11) is -3.66. The number of hydrogen-bond acceptors (Lipinski definition) is 4. The molecule has 0 aliphatic carbocycles. The lowest BCUT2D eigenvalue weighted by atomic mass is 10.5. The summed E-state index contributed by atoms with van der Waals surface area (Å²) in [5.74, 6) is 0. The standard InChI is InChI=1S/C5H7N3O2S/c1-4-5(11(6,9)10)2-7-3-8-4/h2-3H,1H3,(H2,6,9,10). The molecular formula is C5H7N3O2S. The van der Waals surface area contributed by atoms with Gasteiger partial charge in [0.25, 0.3) is 0 Å². The van der Waals surface area contributed by atoms with E-state index in [1.54, 1.807) is 6.92 Å². The number of hydrogen-bond donors (Lipinski definition) is 1. The lowest BCUT2D eigenvalue weighted by Crippen LogP contribution is -2.14. The molecule has 5 nitrogen and oxygen atoms in total. The van der Waals surface area contributed by atoms with E-state index in [0.717, 1.165) is 0 Å². The van der Waals surface area contributed by atoms with E-state index >= 15 is 0 Å². The Labute approximate surface area is 64.3 Å². The van der Waals surface area contributed by atoms with Gasteiger partial charge in [0, 0.05) is 0 Å². The topological polar surface area (TPSA) is 85.9 Å². The summed E-state index contributed by atoms with van der Waals surface area (Å²) >= 11 is 0. The molecular weight excluding hydrogens is 166 g/mol. The lowest BCUT2D eigenvalue weighted by Gasteiger charge is -1.98. The van der Waals surface area contributed by atoms with Gasteiger partial charge in [-0.2, -0.15) is 0 Å². The van der Waals surface area contributed by atoms with Crippen molar-refractivity contribution in [1.29, 1.82) is 0 Å². The predicted molar refractivity (Wildman–Crippen MR) is 38.1 cm³/mol. The quantitative estimate of drug-likeness (QED) is 0.616. The Bertz CT molecular complexity index is 360. The Hall–Kier alpha value is -1.01. The molecule has 1 heterocycles. The van der Waals surface area contributed by atoms with Crippen LogP contribution in [0.3, 0.4) is 0 Å². The third-order valence-corrected chi connectivity index (χ3v) is 2.19. The second-order valence-corrected chi connectivity index (χ2v) is 3.55. The average Bonchev–Trinajstić information content (AvgIpc) is 1.86. The molecule has 0 unspecified atom stereocenters. The van der Waals surface area contributed by atoms with Crippen molar-refractivity contribution in [3.63, 3.8) is 0 Å². The average molecular weight is 173 g/mol. The SMILES string of the molecule is Cc1ncncc1S(N)(=O)=O. The molecule has 2 N–H and O–H groups in total. The van der Waals surface area contributed by atoms with Crippen LogP contribution < -0.4 is 5.14 Å². The van der Waals surface area contributed by atoms with Crippen LogP contribution in [0.1, 0.15) is 5.69 Å². The molecule has 0 saturated heterocycles. The first-order chi connectivity index (χ1) is 5.02. The van der Waals surface area contributed by atoms with E-state index < -0.39 is 10.0 Å². The molecule has 0 spiro atoms. The van der Waals surface area contributed by atoms with Crippen LogP contribution in [0.5, 0.6) is 0 Å². The van der Waals surface area contributed by atoms with E-state index in [4.69, 9.17) is 5.14 Å². The molecule has 0 aliphatic heterocycles. The number of aryl methyl sites for hydroxylation is 1. The number of rotatable bonds is 1. The van der Waals surface area contributed by atoms with Gasteiger partial charge in [-0.05, 0) is 6.92 Å². The summed E-state index contributed by atoms with van der Waals surface area (Å²) in [6.07, 6.45) is 2.45. The van der Waals surface area contributed by atoms with Gasteiger partial charge in [-0.15, -0.1) is 0 Å². The molecule has 11 heavy (non-hydrogen) atoms. The normalized spacial score (nSPS) is 11.5. The molecule has 1 rings (SSSR count). The third-order valence-electron chi connectivity index (χ3n) is 1.17. The van der Waals surface area contributed by atoms with Crippen LogP contribution in [-0.4, -0.2) is 18.4 Å². The fourth-order valence-corrected chi connectivity index (χ4v) is 1.33. The van der Waals surface area contributed by atoms with Crippen molar-refractivity contribution < 1.29 is 8.42 Å². The molecule has 0 radical (unpaired) electrons. The minimum absolute atomic E-state index is 0.0278. The van der Waals surface area contributed by atoms with Crippen molar-refractivity contribution in [2.45, 2.75) is 11.8 Å². The summed E-state index contributed by atoms with van der Waals surface area (Å²) < 4.78 is 21.5. The molecule has 0 amide bonds. The highest BCUT2D eigenvalue weighted by Crippen LogP contribution is 2.06. The molecule has 0 fully saturated rings. The van der Waals surface area contributed by atoms with Crippen LogP contribution in [0.4, 0.5) is 0 Å². The molecule has 0 aromatic carbocycles. The van der Waals surface area contributed by atoms with Crippen LogP contribution in [0.25, 0.3) is 0 Å². The van der Waals surface area contributed by atoms with E-state index in [-0.39, 0.29) is 4.90 Å². The molecule has 1 aromatic rings. The zero-order valence-corrected chi connectivity index (χ0v) is 6.67. The van der Waals surface area contributed by atoms with Crippen LogP contribution >= 0.6 is 0 Å². The summed E-state index contributed by atoms with van der Waals surface area (Å²) in [6, 6.07) is 0. The van der Waals surface area contributed by atoms with E-state index in [0.29, 0.717) is 5.69 Å². The summed E-state index contributed by atoms with van der Waals surface area (Å²) in [4.78, 5) is 7.19. The maximum atomic E-state index is 10.8. The third kappa shape index (κ3) is 1.72. The van der Waals surface area contributed by atoms with Crippen molar-refractivity contribution in [2.24, 2.45) is 5.14 Å². The number of nitrogens with zero attached hydrogens (tertiary/aromatic N) is 2. The Morgan fingerprint density at radius 2 is 2.18 bits per heavy atom. The predicted octanol–water partition coefficient (Wildman–Crippen LogP) is -0.568. The molecule has 6 heteroatoms. The largest absolute Gasteiger partial charge is 0.243 e. The van der Waals surface area contributed by atoms with Gasteiger partial charge in [0.2, 0.25) is 10.0 Å². The lowest BCUT2D eigenvalue weighted by molar-refractivity contribution is 0.596. The molecule has 60 valence electrons. The second kappa shape index (κ2) is 2.55. The second-order valence-electron chi connectivity index (χ2n) is 2.02. The first-order valence-corrected chi connectivity index (χ1v) is 4.36. The van der Waals surface area contributed by atoms with Crippen LogP contribution in [-0.2, 0) is 10.0 Å². The van der Waals surface area contributed by atoms with Gasteiger partial charge in [-0.25, -0.2) is 23.5 Å². The van der Waals surface area contributed by atoms with Gasteiger partial charge in [-0.1, -0.05) is 0 Å². The van der Waals surface area contributed by atoms with E-state index in [2.05, 4.69) is 9.97 Å².